The van der Waals surface area contributed by atoms with Gasteiger partial charge in [-0.1, -0.05) is 18.9 Å². The molecule has 0 bridgehead atoms. The van der Waals surface area contributed by atoms with Crippen molar-refractivity contribution < 1.29 is 0 Å². The van der Waals surface area contributed by atoms with E-state index in [0.717, 1.165) is 26.1 Å². The summed E-state index contributed by atoms with van der Waals surface area (Å²) in [5.74, 6) is 0. The maximum Gasteiger partial charge on any atom is 0.250 e. The summed E-state index contributed by atoms with van der Waals surface area (Å²) in [4.78, 5) is 14.2. The zero-order valence-corrected chi connectivity index (χ0v) is 13.3. The maximum atomic E-state index is 11.6. The van der Waals surface area contributed by atoms with Gasteiger partial charge in [0.2, 0.25) is 5.56 Å². The van der Waals surface area contributed by atoms with Crippen LogP contribution in [-0.2, 0) is 6.54 Å². The van der Waals surface area contributed by atoms with Crippen LogP contribution < -0.4 is 10.9 Å². The maximum absolute atomic E-state index is 11.6. The third-order valence-corrected chi connectivity index (χ3v) is 4.20. The smallest absolute Gasteiger partial charge is 0.250 e. The quantitative estimate of drug-likeness (QED) is 0.782. The van der Waals surface area contributed by atoms with Crippen LogP contribution in [0, 0.1) is 0 Å². The van der Waals surface area contributed by atoms with Crippen LogP contribution >= 0.6 is 0 Å². The average molecular weight is 291 g/mol. The molecule has 1 atom stereocenters. The van der Waals surface area contributed by atoms with Gasteiger partial charge >= 0.3 is 0 Å². The van der Waals surface area contributed by atoms with Crippen LogP contribution in [0.4, 0.5) is 0 Å². The SMILES string of the molecule is C[C@H](CN1CCCCCC1)NCCCn1ccccc1=O. The largest absolute Gasteiger partial charge is 0.315 e. The van der Waals surface area contributed by atoms with Gasteiger partial charge in [0.1, 0.15) is 0 Å². The minimum absolute atomic E-state index is 0.0927. The molecule has 0 aliphatic carbocycles. The summed E-state index contributed by atoms with van der Waals surface area (Å²) in [7, 11) is 0. The third-order valence-electron chi connectivity index (χ3n) is 4.20. The Balaban J connectivity index is 1.61. The molecule has 0 aromatic carbocycles. The van der Waals surface area contributed by atoms with Crippen molar-refractivity contribution in [2.45, 2.75) is 51.6 Å². The van der Waals surface area contributed by atoms with E-state index >= 15 is 0 Å². The second-order valence-corrected chi connectivity index (χ2v) is 6.16. The number of rotatable bonds is 7. The molecule has 2 heterocycles. The Bertz CT molecular complexity index is 449. The summed E-state index contributed by atoms with van der Waals surface area (Å²) < 4.78 is 1.78. The van der Waals surface area contributed by atoms with Crippen LogP contribution in [0.25, 0.3) is 0 Å². The summed E-state index contributed by atoms with van der Waals surface area (Å²) in [6.45, 7) is 7.68. The molecule has 1 saturated heterocycles. The van der Waals surface area contributed by atoms with Gasteiger partial charge in [-0.2, -0.15) is 0 Å². The highest BCUT2D eigenvalue weighted by Crippen LogP contribution is 2.09. The Morgan fingerprint density at radius 1 is 1.19 bits per heavy atom. The molecule has 0 radical (unpaired) electrons. The van der Waals surface area contributed by atoms with E-state index in [1.807, 2.05) is 12.3 Å². The van der Waals surface area contributed by atoms with E-state index in [1.165, 1.54) is 38.8 Å². The lowest BCUT2D eigenvalue weighted by atomic mass is 10.2. The first kappa shape index (κ1) is 16.2. The number of nitrogens with one attached hydrogen (secondary N) is 1. The van der Waals surface area contributed by atoms with Gasteiger partial charge in [-0.3, -0.25) is 4.79 Å². The third kappa shape index (κ3) is 6.02. The van der Waals surface area contributed by atoms with E-state index in [1.54, 1.807) is 16.7 Å². The predicted molar refractivity (Wildman–Crippen MR) is 87.7 cm³/mol. The Kier molecular flexibility index (Phi) is 6.96. The molecule has 4 heteroatoms. The summed E-state index contributed by atoms with van der Waals surface area (Å²) in [5, 5.41) is 3.58. The average Bonchev–Trinajstić information content (AvgIpc) is 2.74. The normalized spacial score (nSPS) is 18.3. The summed E-state index contributed by atoms with van der Waals surface area (Å²) in [6.07, 6.45) is 8.35. The van der Waals surface area contributed by atoms with E-state index in [2.05, 4.69) is 17.1 Å². The van der Waals surface area contributed by atoms with Crippen LogP contribution in [0.5, 0.6) is 0 Å². The molecule has 0 amide bonds. The van der Waals surface area contributed by atoms with Gasteiger partial charge in [0.25, 0.3) is 0 Å². The fraction of sp³-hybridized carbons (Fsp3) is 0.706. The molecule has 21 heavy (non-hydrogen) atoms. The van der Waals surface area contributed by atoms with Crippen LogP contribution in [0.1, 0.15) is 39.0 Å². The Morgan fingerprint density at radius 2 is 1.95 bits per heavy atom. The summed E-state index contributed by atoms with van der Waals surface area (Å²) in [5.41, 5.74) is 0.0927. The molecular weight excluding hydrogens is 262 g/mol. The fourth-order valence-electron chi connectivity index (χ4n) is 3.01. The van der Waals surface area contributed by atoms with Crippen LogP contribution in [0.3, 0.4) is 0 Å². The zero-order valence-electron chi connectivity index (χ0n) is 13.3. The highest BCUT2D eigenvalue weighted by atomic mass is 16.1. The predicted octanol–water partition coefficient (Wildman–Crippen LogP) is 2.09. The minimum Gasteiger partial charge on any atom is -0.315 e. The van der Waals surface area contributed by atoms with E-state index < -0.39 is 0 Å². The molecule has 1 aliphatic rings. The molecular formula is C17H29N3O. The standard InChI is InChI=1S/C17H29N3O/c1-16(15-19-11-5-2-3-6-12-19)18-10-8-14-20-13-7-4-9-17(20)21/h4,7,9,13,16,18H,2-3,5-6,8,10-12,14-15H2,1H3/t16-/m1/s1. The molecule has 1 aliphatic heterocycles. The highest BCUT2D eigenvalue weighted by Gasteiger charge is 2.11. The number of hydrogen-bond donors (Lipinski definition) is 1. The second-order valence-electron chi connectivity index (χ2n) is 6.16. The molecule has 118 valence electrons. The van der Waals surface area contributed by atoms with Crippen LogP contribution in [-0.4, -0.2) is 41.7 Å². The van der Waals surface area contributed by atoms with Gasteiger partial charge in [0.15, 0.2) is 0 Å². The lowest BCUT2D eigenvalue weighted by molar-refractivity contribution is 0.255. The number of hydrogen-bond acceptors (Lipinski definition) is 3. The van der Waals surface area contributed by atoms with Crippen molar-refractivity contribution >= 4 is 0 Å². The Labute approximate surface area is 128 Å². The summed E-state index contributed by atoms with van der Waals surface area (Å²) in [6, 6.07) is 5.85. The lowest BCUT2D eigenvalue weighted by Gasteiger charge is -2.24. The molecule has 1 aromatic heterocycles. The van der Waals surface area contributed by atoms with E-state index in [0.29, 0.717) is 6.04 Å². The Morgan fingerprint density at radius 3 is 2.67 bits per heavy atom. The van der Waals surface area contributed by atoms with Crippen molar-refractivity contribution in [3.63, 3.8) is 0 Å². The van der Waals surface area contributed by atoms with Gasteiger partial charge in [0, 0.05) is 31.4 Å². The van der Waals surface area contributed by atoms with E-state index in [-0.39, 0.29) is 5.56 Å². The van der Waals surface area contributed by atoms with Gasteiger partial charge < -0.3 is 14.8 Å². The lowest BCUT2D eigenvalue weighted by Crippen LogP contribution is -2.40. The fourth-order valence-corrected chi connectivity index (χ4v) is 3.01. The Hall–Kier alpha value is -1.13. The first-order valence-electron chi connectivity index (χ1n) is 8.37. The zero-order chi connectivity index (χ0) is 14.9. The van der Waals surface area contributed by atoms with Gasteiger partial charge in [0.05, 0.1) is 0 Å². The van der Waals surface area contributed by atoms with Crippen molar-refractivity contribution in [2.75, 3.05) is 26.2 Å². The number of aryl methyl sites for hydroxylation is 1. The van der Waals surface area contributed by atoms with E-state index in [4.69, 9.17) is 0 Å². The summed E-state index contributed by atoms with van der Waals surface area (Å²) >= 11 is 0. The number of aromatic nitrogens is 1. The van der Waals surface area contributed by atoms with Crippen molar-refractivity contribution in [2.24, 2.45) is 0 Å². The van der Waals surface area contributed by atoms with Crippen LogP contribution in [0.2, 0.25) is 0 Å². The second kappa shape index (κ2) is 9.00. The van der Waals surface area contributed by atoms with Crippen molar-refractivity contribution in [3.05, 3.63) is 34.7 Å². The molecule has 1 aromatic rings. The minimum atomic E-state index is 0.0927. The number of likely N-dealkylation sites (tertiary alicyclic amines) is 1. The van der Waals surface area contributed by atoms with Gasteiger partial charge in [-0.15, -0.1) is 0 Å². The van der Waals surface area contributed by atoms with Gasteiger partial charge in [-0.25, -0.2) is 0 Å². The first-order valence-corrected chi connectivity index (χ1v) is 8.37. The topological polar surface area (TPSA) is 37.3 Å². The first-order chi connectivity index (χ1) is 10.3. The number of nitrogens with zero attached hydrogens (tertiary/aromatic N) is 2. The van der Waals surface area contributed by atoms with Crippen LogP contribution in [0.15, 0.2) is 29.2 Å². The molecule has 1 N–H and O–H groups in total. The van der Waals surface area contributed by atoms with Crippen molar-refractivity contribution in [1.29, 1.82) is 0 Å². The van der Waals surface area contributed by atoms with Crippen molar-refractivity contribution in [3.8, 4) is 0 Å². The molecule has 1 fully saturated rings. The molecule has 0 unspecified atom stereocenters. The highest BCUT2D eigenvalue weighted by molar-refractivity contribution is 4.93. The van der Waals surface area contributed by atoms with Gasteiger partial charge in [-0.05, 0) is 51.9 Å². The molecule has 2 rings (SSSR count). The molecule has 0 spiro atoms. The molecule has 4 nitrogen and oxygen atoms in total. The monoisotopic (exact) mass is 291 g/mol. The molecule has 0 saturated carbocycles. The van der Waals surface area contributed by atoms with Crippen molar-refractivity contribution in [1.82, 2.24) is 14.8 Å². The number of pyridine rings is 1. The van der Waals surface area contributed by atoms with E-state index in [9.17, 15) is 4.79 Å².